The van der Waals surface area contributed by atoms with Gasteiger partial charge in [0.25, 0.3) is 5.91 Å². The molecule has 1 unspecified atom stereocenters. The Kier molecular flexibility index (Phi) is 5.54. The number of thiazole rings is 1. The standard InChI is InChI=1S/C21H25N5OS/c1-3-26-18-10-9-15(11-16(18)20(25-26)21(27)22-2)23-12-19-24-17(13-28-19)14-7-5-4-6-8-14/h4-8,13,15,23H,3,9-12H2,1-2H3,(H,22,27). The van der Waals surface area contributed by atoms with E-state index in [0.717, 1.165) is 54.2 Å². The zero-order chi connectivity index (χ0) is 19.5. The lowest BCUT2D eigenvalue weighted by atomic mass is 9.91. The number of nitrogens with one attached hydrogen (secondary N) is 2. The first kappa shape index (κ1) is 18.8. The third-order valence-electron chi connectivity index (χ3n) is 5.25. The predicted molar refractivity (Wildman–Crippen MR) is 111 cm³/mol. The fourth-order valence-electron chi connectivity index (χ4n) is 3.79. The van der Waals surface area contributed by atoms with E-state index >= 15 is 0 Å². The van der Waals surface area contributed by atoms with Gasteiger partial charge in [-0.05, 0) is 26.2 Å². The third kappa shape index (κ3) is 3.72. The van der Waals surface area contributed by atoms with E-state index in [0.29, 0.717) is 11.7 Å². The highest BCUT2D eigenvalue weighted by Gasteiger charge is 2.28. The maximum Gasteiger partial charge on any atom is 0.271 e. The van der Waals surface area contributed by atoms with Crippen molar-refractivity contribution in [1.29, 1.82) is 0 Å². The van der Waals surface area contributed by atoms with Crippen LogP contribution in [0.25, 0.3) is 11.3 Å². The fourth-order valence-corrected chi connectivity index (χ4v) is 4.54. The number of nitrogens with zero attached hydrogens (tertiary/aromatic N) is 3. The molecule has 6 nitrogen and oxygen atoms in total. The lowest BCUT2D eigenvalue weighted by Gasteiger charge is -2.24. The highest BCUT2D eigenvalue weighted by molar-refractivity contribution is 7.09. The number of benzene rings is 1. The van der Waals surface area contributed by atoms with Crippen molar-refractivity contribution in [3.8, 4) is 11.3 Å². The normalized spacial score (nSPS) is 16.0. The first-order chi connectivity index (χ1) is 13.7. The van der Waals surface area contributed by atoms with E-state index in [-0.39, 0.29) is 5.91 Å². The van der Waals surface area contributed by atoms with Crippen LogP contribution in [0.15, 0.2) is 35.7 Å². The maximum absolute atomic E-state index is 12.2. The molecule has 0 fully saturated rings. The van der Waals surface area contributed by atoms with Gasteiger partial charge in [-0.3, -0.25) is 9.48 Å². The number of fused-ring (bicyclic) bond motifs is 1. The summed E-state index contributed by atoms with van der Waals surface area (Å²) in [5.41, 5.74) is 5.05. The van der Waals surface area contributed by atoms with E-state index in [4.69, 9.17) is 4.98 Å². The summed E-state index contributed by atoms with van der Waals surface area (Å²) >= 11 is 1.68. The zero-order valence-electron chi connectivity index (χ0n) is 16.2. The monoisotopic (exact) mass is 395 g/mol. The van der Waals surface area contributed by atoms with Gasteiger partial charge >= 0.3 is 0 Å². The molecule has 1 aliphatic carbocycles. The molecular formula is C21H25N5OS. The summed E-state index contributed by atoms with van der Waals surface area (Å²) < 4.78 is 1.98. The van der Waals surface area contributed by atoms with Crippen molar-refractivity contribution in [2.75, 3.05) is 7.05 Å². The van der Waals surface area contributed by atoms with Gasteiger partial charge in [-0.25, -0.2) is 4.98 Å². The molecule has 0 spiro atoms. The van der Waals surface area contributed by atoms with Crippen LogP contribution in [-0.4, -0.2) is 33.8 Å². The molecule has 7 heteroatoms. The number of rotatable bonds is 6. The summed E-state index contributed by atoms with van der Waals surface area (Å²) in [4.78, 5) is 17.0. The SMILES string of the molecule is CCn1nc(C(=O)NC)c2c1CCC(NCc1nc(-c3ccccc3)cs1)C2. The van der Waals surface area contributed by atoms with Gasteiger partial charge in [-0.2, -0.15) is 5.10 Å². The number of carbonyl (C=O) groups excluding carboxylic acids is 1. The van der Waals surface area contributed by atoms with E-state index in [1.165, 1.54) is 5.69 Å². The van der Waals surface area contributed by atoms with Gasteiger partial charge in [-0.1, -0.05) is 30.3 Å². The van der Waals surface area contributed by atoms with Crippen molar-refractivity contribution in [3.05, 3.63) is 57.7 Å². The van der Waals surface area contributed by atoms with Crippen LogP contribution >= 0.6 is 11.3 Å². The smallest absolute Gasteiger partial charge is 0.271 e. The molecule has 1 atom stereocenters. The molecule has 1 amide bonds. The summed E-state index contributed by atoms with van der Waals surface area (Å²) in [6.07, 6.45) is 2.82. The van der Waals surface area contributed by atoms with Crippen LogP contribution < -0.4 is 10.6 Å². The Morgan fingerprint density at radius 1 is 1.32 bits per heavy atom. The molecule has 1 aromatic carbocycles. The van der Waals surface area contributed by atoms with E-state index in [1.54, 1.807) is 18.4 Å². The van der Waals surface area contributed by atoms with Crippen molar-refractivity contribution in [3.63, 3.8) is 0 Å². The molecule has 0 aliphatic heterocycles. The second kappa shape index (κ2) is 8.24. The molecule has 1 aliphatic rings. The Labute approximate surface area is 169 Å². The van der Waals surface area contributed by atoms with Gasteiger partial charge in [0.2, 0.25) is 0 Å². The molecule has 28 heavy (non-hydrogen) atoms. The maximum atomic E-state index is 12.2. The van der Waals surface area contributed by atoms with Crippen LogP contribution in [0.1, 0.15) is 40.1 Å². The van der Waals surface area contributed by atoms with E-state index in [1.807, 2.05) is 22.9 Å². The van der Waals surface area contributed by atoms with Crippen molar-refractivity contribution in [2.45, 2.75) is 45.3 Å². The molecule has 0 saturated carbocycles. The van der Waals surface area contributed by atoms with Crippen molar-refractivity contribution in [1.82, 2.24) is 25.4 Å². The first-order valence-corrected chi connectivity index (χ1v) is 10.6. The highest BCUT2D eigenvalue weighted by atomic mass is 32.1. The Morgan fingerprint density at radius 2 is 2.14 bits per heavy atom. The number of hydrogen-bond acceptors (Lipinski definition) is 5. The number of aromatic nitrogens is 3. The Hall–Kier alpha value is -2.51. The average molecular weight is 396 g/mol. The van der Waals surface area contributed by atoms with Gasteiger partial charge in [0, 0.05) is 48.4 Å². The van der Waals surface area contributed by atoms with Gasteiger partial charge in [-0.15, -0.1) is 11.3 Å². The number of carbonyl (C=O) groups is 1. The van der Waals surface area contributed by atoms with Crippen molar-refractivity contribution < 1.29 is 4.79 Å². The predicted octanol–water partition coefficient (Wildman–Crippen LogP) is 3.03. The summed E-state index contributed by atoms with van der Waals surface area (Å²) in [6, 6.07) is 10.6. The third-order valence-corrected chi connectivity index (χ3v) is 6.10. The van der Waals surface area contributed by atoms with Gasteiger partial charge in [0.15, 0.2) is 5.69 Å². The molecule has 4 rings (SSSR count). The average Bonchev–Trinajstić information content (AvgIpc) is 3.37. The van der Waals surface area contributed by atoms with Crippen LogP contribution in [0.3, 0.4) is 0 Å². The quantitative estimate of drug-likeness (QED) is 0.673. The fraction of sp³-hybridized carbons (Fsp3) is 0.381. The number of amides is 1. The lowest BCUT2D eigenvalue weighted by Crippen LogP contribution is -2.35. The van der Waals surface area contributed by atoms with Gasteiger partial charge in [0.05, 0.1) is 5.69 Å². The minimum Gasteiger partial charge on any atom is -0.354 e. The molecule has 146 valence electrons. The van der Waals surface area contributed by atoms with Crippen molar-refractivity contribution in [2.24, 2.45) is 0 Å². The zero-order valence-corrected chi connectivity index (χ0v) is 17.1. The topological polar surface area (TPSA) is 71.8 Å². The molecule has 2 aromatic heterocycles. The van der Waals surface area contributed by atoms with Crippen molar-refractivity contribution >= 4 is 17.2 Å². The summed E-state index contributed by atoms with van der Waals surface area (Å²) in [7, 11) is 1.66. The molecule has 0 saturated heterocycles. The minimum absolute atomic E-state index is 0.100. The minimum atomic E-state index is -0.100. The molecule has 3 aromatic rings. The highest BCUT2D eigenvalue weighted by Crippen LogP contribution is 2.26. The molecule has 2 N–H and O–H groups in total. The second-order valence-electron chi connectivity index (χ2n) is 6.98. The second-order valence-corrected chi connectivity index (χ2v) is 7.92. The lowest BCUT2D eigenvalue weighted by molar-refractivity contribution is 0.0956. The Bertz CT molecular complexity index is 963. The van der Waals surface area contributed by atoms with Gasteiger partial charge < -0.3 is 10.6 Å². The van der Waals surface area contributed by atoms with Gasteiger partial charge in [0.1, 0.15) is 5.01 Å². The summed E-state index contributed by atoms with van der Waals surface area (Å²) in [5.74, 6) is -0.100. The first-order valence-electron chi connectivity index (χ1n) is 9.73. The molecule has 2 heterocycles. The van der Waals surface area contributed by atoms with E-state index in [9.17, 15) is 4.79 Å². The van der Waals surface area contributed by atoms with Crippen LogP contribution in [0.4, 0.5) is 0 Å². The largest absolute Gasteiger partial charge is 0.354 e. The van der Waals surface area contributed by atoms with Crippen LogP contribution in [-0.2, 0) is 25.9 Å². The Morgan fingerprint density at radius 3 is 2.89 bits per heavy atom. The van der Waals surface area contributed by atoms with E-state index < -0.39 is 0 Å². The summed E-state index contributed by atoms with van der Waals surface area (Å²) in [5, 5.41) is 14.1. The Balaban J connectivity index is 1.44. The van der Waals surface area contributed by atoms with Crippen LogP contribution in [0.5, 0.6) is 0 Å². The molecular weight excluding hydrogens is 370 g/mol. The molecule has 0 radical (unpaired) electrons. The molecule has 0 bridgehead atoms. The van der Waals surface area contributed by atoms with E-state index in [2.05, 4.69) is 40.2 Å². The van der Waals surface area contributed by atoms with Crippen LogP contribution in [0.2, 0.25) is 0 Å². The van der Waals surface area contributed by atoms with Crippen LogP contribution in [0, 0.1) is 0 Å². The number of hydrogen-bond donors (Lipinski definition) is 2. The summed E-state index contributed by atoms with van der Waals surface area (Å²) in [6.45, 7) is 3.60. The number of aryl methyl sites for hydroxylation is 1.